The molecular weight excluding hydrogens is 266 g/mol. The van der Waals surface area contributed by atoms with Crippen LogP contribution in [-0.4, -0.2) is 58.2 Å². The van der Waals surface area contributed by atoms with E-state index in [1.54, 1.807) is 6.20 Å². The molecule has 0 saturated carbocycles. The Morgan fingerprint density at radius 1 is 1.33 bits per heavy atom. The van der Waals surface area contributed by atoms with E-state index in [1.165, 1.54) is 0 Å². The van der Waals surface area contributed by atoms with Crippen LogP contribution in [0.2, 0.25) is 0 Å². The summed E-state index contributed by atoms with van der Waals surface area (Å²) < 4.78 is 1.91. The molecule has 0 N–H and O–H groups in total. The van der Waals surface area contributed by atoms with Crippen molar-refractivity contribution in [2.45, 2.75) is 31.7 Å². The zero-order chi connectivity index (χ0) is 14.7. The monoisotopic (exact) mass is 287 g/mol. The Kier molecular flexibility index (Phi) is 4.20. The summed E-state index contributed by atoms with van der Waals surface area (Å²) in [6.07, 6.45) is 7.39. The maximum Gasteiger partial charge on any atom is 0.222 e. The van der Waals surface area contributed by atoms with Crippen LogP contribution in [0.15, 0.2) is 12.4 Å². The lowest BCUT2D eigenvalue weighted by Gasteiger charge is -2.28. The van der Waals surface area contributed by atoms with Crippen molar-refractivity contribution in [2.24, 2.45) is 0 Å². The molecule has 3 heterocycles. The lowest BCUT2D eigenvalue weighted by Crippen LogP contribution is -2.40. The number of likely N-dealkylation sites (tertiary alicyclic amines) is 2. The summed E-state index contributed by atoms with van der Waals surface area (Å²) >= 11 is 0. The van der Waals surface area contributed by atoms with Gasteiger partial charge in [-0.3, -0.25) is 14.4 Å². The predicted octanol–water partition coefficient (Wildman–Crippen LogP) is 1.01. The zero-order valence-electron chi connectivity index (χ0n) is 12.2. The van der Waals surface area contributed by atoms with Gasteiger partial charge in [0.15, 0.2) is 0 Å². The second-order valence-corrected chi connectivity index (χ2v) is 5.90. The van der Waals surface area contributed by atoms with E-state index in [0.717, 1.165) is 52.0 Å². The number of aromatic nitrogens is 2. The van der Waals surface area contributed by atoms with Crippen molar-refractivity contribution in [1.82, 2.24) is 19.6 Å². The first-order valence-electron chi connectivity index (χ1n) is 7.70. The molecule has 1 amide bonds. The van der Waals surface area contributed by atoms with Crippen LogP contribution in [0.5, 0.6) is 0 Å². The normalized spacial score (nSPS) is 23.5. The van der Waals surface area contributed by atoms with Gasteiger partial charge in [-0.2, -0.15) is 10.4 Å². The Hall–Kier alpha value is -1.87. The number of carbonyl (C=O) groups excluding carboxylic acids is 1. The van der Waals surface area contributed by atoms with Crippen LogP contribution in [-0.2, 0) is 4.79 Å². The third-order valence-corrected chi connectivity index (χ3v) is 4.46. The molecule has 2 aliphatic heterocycles. The van der Waals surface area contributed by atoms with Crippen molar-refractivity contribution >= 4 is 5.91 Å². The van der Waals surface area contributed by atoms with E-state index < -0.39 is 0 Å². The Morgan fingerprint density at radius 2 is 2.24 bits per heavy atom. The van der Waals surface area contributed by atoms with Crippen LogP contribution < -0.4 is 0 Å². The van der Waals surface area contributed by atoms with E-state index >= 15 is 0 Å². The summed E-state index contributed by atoms with van der Waals surface area (Å²) in [5, 5.41) is 13.1. The maximum absolute atomic E-state index is 11.8. The molecule has 3 rings (SSSR count). The van der Waals surface area contributed by atoms with Gasteiger partial charge < -0.3 is 4.90 Å². The molecule has 2 fully saturated rings. The van der Waals surface area contributed by atoms with Gasteiger partial charge in [0.25, 0.3) is 0 Å². The number of piperidine rings is 1. The van der Waals surface area contributed by atoms with Crippen LogP contribution >= 0.6 is 0 Å². The Balaban J connectivity index is 1.48. The number of nitrogens with zero attached hydrogens (tertiary/aromatic N) is 5. The minimum Gasteiger partial charge on any atom is -0.341 e. The molecule has 1 unspecified atom stereocenters. The van der Waals surface area contributed by atoms with Gasteiger partial charge in [0, 0.05) is 45.3 Å². The summed E-state index contributed by atoms with van der Waals surface area (Å²) in [6.45, 7) is 4.69. The molecule has 112 valence electrons. The van der Waals surface area contributed by atoms with Crippen molar-refractivity contribution in [1.29, 1.82) is 5.26 Å². The van der Waals surface area contributed by atoms with Gasteiger partial charge in [0.2, 0.25) is 5.91 Å². The van der Waals surface area contributed by atoms with E-state index in [4.69, 9.17) is 5.26 Å². The number of rotatable bonds is 4. The van der Waals surface area contributed by atoms with E-state index in [-0.39, 0.29) is 0 Å². The highest BCUT2D eigenvalue weighted by atomic mass is 16.2. The smallest absolute Gasteiger partial charge is 0.222 e. The molecule has 21 heavy (non-hydrogen) atoms. The number of hydrogen-bond acceptors (Lipinski definition) is 4. The molecule has 0 bridgehead atoms. The standard InChI is InChI=1S/C15H21N5O/c16-9-13-10-17-20(11-13)14-4-6-18(12-14)7-8-19-5-2-1-3-15(19)21/h10-11,14H,1-8,12H2. The van der Waals surface area contributed by atoms with E-state index in [0.29, 0.717) is 23.9 Å². The second-order valence-electron chi connectivity index (χ2n) is 5.90. The van der Waals surface area contributed by atoms with Gasteiger partial charge in [0.1, 0.15) is 6.07 Å². The molecule has 1 atom stereocenters. The summed E-state index contributed by atoms with van der Waals surface area (Å²) in [5.74, 6) is 0.308. The van der Waals surface area contributed by atoms with Gasteiger partial charge >= 0.3 is 0 Å². The number of hydrogen-bond donors (Lipinski definition) is 0. The highest BCUT2D eigenvalue weighted by Crippen LogP contribution is 2.21. The van der Waals surface area contributed by atoms with E-state index in [2.05, 4.69) is 16.1 Å². The average molecular weight is 287 g/mol. The second kappa shape index (κ2) is 6.27. The summed E-state index contributed by atoms with van der Waals surface area (Å²) in [4.78, 5) is 16.2. The molecule has 1 aromatic rings. The van der Waals surface area contributed by atoms with Crippen LogP contribution in [0, 0.1) is 11.3 Å². The van der Waals surface area contributed by atoms with E-state index in [9.17, 15) is 4.79 Å². The molecule has 0 spiro atoms. The van der Waals surface area contributed by atoms with Crippen molar-refractivity contribution in [3.63, 3.8) is 0 Å². The van der Waals surface area contributed by atoms with Crippen molar-refractivity contribution in [2.75, 3.05) is 32.7 Å². The molecular formula is C15H21N5O. The third-order valence-electron chi connectivity index (χ3n) is 4.46. The SMILES string of the molecule is N#Cc1cnn(C2CCN(CCN3CCCCC3=O)C2)c1. The fraction of sp³-hybridized carbons (Fsp3) is 0.667. The van der Waals surface area contributed by atoms with Crippen LogP contribution in [0.3, 0.4) is 0 Å². The Labute approximate surface area is 124 Å². The van der Waals surface area contributed by atoms with Gasteiger partial charge in [-0.15, -0.1) is 0 Å². The quantitative estimate of drug-likeness (QED) is 0.829. The first-order valence-corrected chi connectivity index (χ1v) is 7.70. The molecule has 0 radical (unpaired) electrons. The summed E-state index contributed by atoms with van der Waals surface area (Å²) in [7, 11) is 0. The van der Waals surface area contributed by atoms with Gasteiger partial charge in [-0.05, 0) is 19.3 Å². The van der Waals surface area contributed by atoms with Crippen molar-refractivity contribution in [3.05, 3.63) is 18.0 Å². The number of nitriles is 1. The first-order chi connectivity index (χ1) is 10.3. The minimum atomic E-state index is 0.308. The zero-order valence-corrected chi connectivity index (χ0v) is 12.2. The molecule has 0 aliphatic carbocycles. The molecule has 6 nitrogen and oxygen atoms in total. The topological polar surface area (TPSA) is 65.2 Å². The third kappa shape index (κ3) is 3.24. The van der Waals surface area contributed by atoms with Crippen LogP contribution in [0.25, 0.3) is 0 Å². The average Bonchev–Trinajstić information content (AvgIpc) is 3.15. The fourth-order valence-electron chi connectivity index (χ4n) is 3.19. The van der Waals surface area contributed by atoms with E-state index in [1.807, 2.05) is 15.8 Å². The number of amides is 1. The summed E-state index contributed by atoms with van der Waals surface area (Å²) in [5.41, 5.74) is 0.618. The molecule has 2 aliphatic rings. The molecule has 6 heteroatoms. The summed E-state index contributed by atoms with van der Waals surface area (Å²) in [6, 6.07) is 2.47. The minimum absolute atomic E-state index is 0.308. The lowest BCUT2D eigenvalue weighted by atomic mass is 10.1. The van der Waals surface area contributed by atoms with Crippen molar-refractivity contribution < 1.29 is 4.79 Å². The van der Waals surface area contributed by atoms with Crippen molar-refractivity contribution in [3.8, 4) is 6.07 Å². The van der Waals surface area contributed by atoms with Gasteiger partial charge in [-0.1, -0.05) is 0 Å². The van der Waals surface area contributed by atoms with Gasteiger partial charge in [-0.25, -0.2) is 0 Å². The number of carbonyl (C=O) groups is 1. The maximum atomic E-state index is 11.8. The predicted molar refractivity (Wildman–Crippen MR) is 77.5 cm³/mol. The van der Waals surface area contributed by atoms with Gasteiger partial charge in [0.05, 0.1) is 17.8 Å². The highest BCUT2D eigenvalue weighted by Gasteiger charge is 2.25. The Morgan fingerprint density at radius 3 is 3.00 bits per heavy atom. The van der Waals surface area contributed by atoms with Crippen LogP contribution in [0.1, 0.15) is 37.3 Å². The largest absolute Gasteiger partial charge is 0.341 e. The Bertz CT molecular complexity index is 547. The molecule has 2 saturated heterocycles. The molecule has 1 aromatic heterocycles. The lowest BCUT2D eigenvalue weighted by molar-refractivity contribution is -0.133. The molecule has 0 aromatic carbocycles. The van der Waals surface area contributed by atoms with Crippen LogP contribution in [0.4, 0.5) is 0 Å². The first kappa shape index (κ1) is 14.1. The highest BCUT2D eigenvalue weighted by molar-refractivity contribution is 5.76. The fourth-order valence-corrected chi connectivity index (χ4v) is 3.19.